The van der Waals surface area contributed by atoms with E-state index in [0.29, 0.717) is 0 Å². The molecule has 20 heavy (non-hydrogen) atoms. The number of nitrogens with two attached hydrogens (primary N) is 1. The van der Waals surface area contributed by atoms with Crippen LogP contribution in [0, 0.1) is 6.92 Å². The van der Waals surface area contributed by atoms with Crippen molar-refractivity contribution in [1.82, 2.24) is 0 Å². The number of aryl methyl sites for hydroxylation is 1. The molecule has 2 N–H and O–H groups in total. The molecular formula is C15H19NO4. The van der Waals surface area contributed by atoms with Crippen LogP contribution in [0.3, 0.4) is 0 Å². The number of hydrogen-bond acceptors (Lipinski definition) is 4. The predicted octanol–water partition coefficient (Wildman–Crippen LogP) is 1.45. The molecule has 108 valence electrons. The minimum Gasteiger partial charge on any atom is -0.496 e. The summed E-state index contributed by atoms with van der Waals surface area (Å²) in [6, 6.07) is 5.72. The summed E-state index contributed by atoms with van der Waals surface area (Å²) in [4.78, 5) is 23.0. The Morgan fingerprint density at radius 3 is 2.55 bits per heavy atom. The number of primary amides is 1. The van der Waals surface area contributed by atoms with Crippen LogP contribution >= 0.6 is 0 Å². The third-order valence-electron chi connectivity index (χ3n) is 3.90. The van der Waals surface area contributed by atoms with E-state index < -0.39 is 11.3 Å². The number of benzene rings is 1. The van der Waals surface area contributed by atoms with Gasteiger partial charge >= 0.3 is 5.97 Å². The Balaban J connectivity index is 2.26. The van der Waals surface area contributed by atoms with Gasteiger partial charge in [-0.05, 0) is 37.0 Å². The smallest absolute Gasteiger partial charge is 0.317 e. The monoisotopic (exact) mass is 277 g/mol. The van der Waals surface area contributed by atoms with E-state index in [0.717, 1.165) is 36.1 Å². The molecule has 0 aliphatic heterocycles. The molecule has 5 nitrogen and oxygen atoms in total. The van der Waals surface area contributed by atoms with E-state index >= 15 is 0 Å². The van der Waals surface area contributed by atoms with Crippen molar-refractivity contribution in [3.05, 3.63) is 29.3 Å². The molecule has 1 aliphatic rings. The van der Waals surface area contributed by atoms with E-state index in [1.54, 1.807) is 7.11 Å². The van der Waals surface area contributed by atoms with Crippen molar-refractivity contribution in [2.24, 2.45) is 5.73 Å². The lowest BCUT2D eigenvalue weighted by Gasteiger charge is -2.39. The summed E-state index contributed by atoms with van der Waals surface area (Å²) < 4.78 is 10.3. The average Bonchev–Trinajstić information content (AvgIpc) is 2.36. The molecule has 0 atom stereocenters. The van der Waals surface area contributed by atoms with Gasteiger partial charge in [0.2, 0.25) is 0 Å². The number of carbonyl (C=O) groups is 2. The van der Waals surface area contributed by atoms with Gasteiger partial charge in [0, 0.05) is 0 Å². The SMILES string of the molecule is COc1cc(C2(C(=O)OCC(N)=O)CCC2)ccc1C. The van der Waals surface area contributed by atoms with Crippen LogP contribution in [0.15, 0.2) is 18.2 Å². The Morgan fingerprint density at radius 2 is 2.05 bits per heavy atom. The second-order valence-electron chi connectivity index (χ2n) is 5.16. The quantitative estimate of drug-likeness (QED) is 0.826. The lowest BCUT2D eigenvalue weighted by molar-refractivity contribution is -0.157. The van der Waals surface area contributed by atoms with Gasteiger partial charge in [0.1, 0.15) is 5.75 Å². The molecule has 1 fully saturated rings. The second-order valence-corrected chi connectivity index (χ2v) is 5.16. The first kappa shape index (κ1) is 14.4. The Bertz CT molecular complexity index is 535. The van der Waals surface area contributed by atoms with E-state index in [4.69, 9.17) is 15.2 Å². The van der Waals surface area contributed by atoms with E-state index in [2.05, 4.69) is 0 Å². The van der Waals surface area contributed by atoms with E-state index in [1.807, 2.05) is 25.1 Å². The van der Waals surface area contributed by atoms with Crippen LogP contribution in [-0.2, 0) is 19.7 Å². The van der Waals surface area contributed by atoms with Gasteiger partial charge in [-0.2, -0.15) is 0 Å². The highest BCUT2D eigenvalue weighted by atomic mass is 16.5. The van der Waals surface area contributed by atoms with Gasteiger partial charge < -0.3 is 15.2 Å². The normalized spacial score (nSPS) is 16.1. The van der Waals surface area contributed by atoms with Gasteiger partial charge in [0.25, 0.3) is 5.91 Å². The maximum atomic E-state index is 12.3. The van der Waals surface area contributed by atoms with Gasteiger partial charge in [-0.15, -0.1) is 0 Å². The van der Waals surface area contributed by atoms with Crippen LogP contribution in [0.2, 0.25) is 0 Å². The molecule has 0 aromatic heterocycles. The van der Waals surface area contributed by atoms with E-state index in [9.17, 15) is 9.59 Å². The Kier molecular flexibility index (Phi) is 3.97. The Morgan fingerprint density at radius 1 is 1.35 bits per heavy atom. The largest absolute Gasteiger partial charge is 0.496 e. The second kappa shape index (κ2) is 5.53. The number of amides is 1. The summed E-state index contributed by atoms with van der Waals surface area (Å²) >= 11 is 0. The van der Waals surface area contributed by atoms with Gasteiger partial charge in [0.15, 0.2) is 6.61 Å². The first-order valence-corrected chi connectivity index (χ1v) is 6.60. The summed E-state index contributed by atoms with van der Waals surface area (Å²) in [5.74, 6) is -0.278. The number of ether oxygens (including phenoxy) is 2. The summed E-state index contributed by atoms with van der Waals surface area (Å²) in [6.07, 6.45) is 2.40. The molecule has 1 aliphatic carbocycles. The molecule has 0 heterocycles. The van der Waals surface area contributed by atoms with Crippen LogP contribution < -0.4 is 10.5 Å². The van der Waals surface area contributed by atoms with Gasteiger partial charge in [-0.25, -0.2) is 0 Å². The summed E-state index contributed by atoms with van der Waals surface area (Å²) in [6.45, 7) is 1.57. The third kappa shape index (κ3) is 2.48. The van der Waals surface area contributed by atoms with Crippen LogP contribution in [0.25, 0.3) is 0 Å². The highest BCUT2D eigenvalue weighted by molar-refractivity contribution is 5.87. The number of rotatable bonds is 5. The molecule has 1 saturated carbocycles. The zero-order valence-corrected chi connectivity index (χ0v) is 11.8. The first-order valence-electron chi connectivity index (χ1n) is 6.60. The molecular weight excluding hydrogens is 258 g/mol. The minimum atomic E-state index is -0.656. The van der Waals surface area contributed by atoms with Crippen molar-refractivity contribution in [2.75, 3.05) is 13.7 Å². The summed E-state index contributed by atoms with van der Waals surface area (Å²) in [7, 11) is 1.60. The fourth-order valence-electron chi connectivity index (χ4n) is 2.53. The van der Waals surface area contributed by atoms with Crippen molar-refractivity contribution in [3.8, 4) is 5.75 Å². The first-order chi connectivity index (χ1) is 9.49. The topological polar surface area (TPSA) is 78.6 Å². The van der Waals surface area contributed by atoms with Crippen molar-refractivity contribution in [3.63, 3.8) is 0 Å². The fourth-order valence-corrected chi connectivity index (χ4v) is 2.53. The lowest BCUT2D eigenvalue weighted by Crippen LogP contribution is -2.44. The molecule has 1 aromatic carbocycles. The Hall–Kier alpha value is -2.04. The van der Waals surface area contributed by atoms with E-state index in [1.165, 1.54) is 0 Å². The maximum Gasteiger partial charge on any atom is 0.317 e. The molecule has 0 radical (unpaired) electrons. The standard InChI is InChI=1S/C15H19NO4/c1-10-4-5-11(8-12(10)19-2)15(6-3-7-15)14(18)20-9-13(16)17/h4-5,8H,3,6-7,9H2,1-2H3,(H2,16,17). The van der Waals surface area contributed by atoms with Crippen LogP contribution in [0.1, 0.15) is 30.4 Å². The molecule has 0 unspecified atom stereocenters. The fraction of sp³-hybridized carbons (Fsp3) is 0.467. The zero-order chi connectivity index (χ0) is 14.8. The summed E-state index contributed by atoms with van der Waals surface area (Å²) in [5.41, 5.74) is 6.24. The zero-order valence-electron chi connectivity index (χ0n) is 11.8. The molecule has 1 amide bonds. The van der Waals surface area contributed by atoms with Crippen LogP contribution in [0.5, 0.6) is 5.75 Å². The molecule has 5 heteroatoms. The minimum absolute atomic E-state index is 0.371. The number of carbonyl (C=O) groups excluding carboxylic acids is 2. The summed E-state index contributed by atoms with van der Waals surface area (Å²) in [5, 5.41) is 0. The molecule has 0 bridgehead atoms. The van der Waals surface area contributed by atoms with Crippen molar-refractivity contribution in [1.29, 1.82) is 0 Å². The van der Waals surface area contributed by atoms with E-state index in [-0.39, 0.29) is 12.6 Å². The third-order valence-corrected chi connectivity index (χ3v) is 3.90. The molecule has 0 saturated heterocycles. The van der Waals surface area contributed by atoms with Crippen molar-refractivity contribution < 1.29 is 19.1 Å². The van der Waals surface area contributed by atoms with Gasteiger partial charge in [0.05, 0.1) is 12.5 Å². The number of methoxy groups -OCH3 is 1. The number of esters is 1. The lowest BCUT2D eigenvalue weighted by atomic mass is 9.64. The average molecular weight is 277 g/mol. The van der Waals surface area contributed by atoms with Crippen LogP contribution in [-0.4, -0.2) is 25.6 Å². The van der Waals surface area contributed by atoms with Crippen molar-refractivity contribution in [2.45, 2.75) is 31.6 Å². The molecule has 1 aromatic rings. The Labute approximate surface area is 118 Å². The molecule has 2 rings (SSSR count). The highest BCUT2D eigenvalue weighted by Gasteiger charge is 2.47. The van der Waals surface area contributed by atoms with Crippen molar-refractivity contribution >= 4 is 11.9 Å². The molecule has 0 spiro atoms. The maximum absolute atomic E-state index is 12.3. The predicted molar refractivity (Wildman–Crippen MR) is 73.4 cm³/mol. The van der Waals surface area contributed by atoms with Gasteiger partial charge in [-0.1, -0.05) is 18.6 Å². The van der Waals surface area contributed by atoms with Crippen LogP contribution in [0.4, 0.5) is 0 Å². The highest BCUT2D eigenvalue weighted by Crippen LogP contribution is 2.45. The van der Waals surface area contributed by atoms with Gasteiger partial charge in [-0.3, -0.25) is 9.59 Å². The number of hydrogen-bond donors (Lipinski definition) is 1.